The number of nitrogens with one attached hydrogen (secondary N) is 1. The molecule has 1 fully saturated rings. The molecule has 170 valence electrons. The maximum Gasteiger partial charge on any atom is 0.241 e. The number of aromatic nitrogens is 1. The first-order chi connectivity index (χ1) is 15.6. The van der Waals surface area contributed by atoms with Crippen molar-refractivity contribution in [2.45, 2.75) is 11.3 Å². The fourth-order valence-corrected chi connectivity index (χ4v) is 5.19. The van der Waals surface area contributed by atoms with Gasteiger partial charge in [-0.3, -0.25) is 9.88 Å². The van der Waals surface area contributed by atoms with E-state index in [9.17, 15) is 8.42 Å². The Morgan fingerprint density at radius 2 is 1.62 bits per heavy atom. The molecule has 1 saturated heterocycles. The third-order valence-corrected chi connectivity index (χ3v) is 7.23. The summed E-state index contributed by atoms with van der Waals surface area (Å²) in [5.41, 5.74) is 0.681. The molecule has 2 aromatic carbocycles. The minimum Gasteiger partial charge on any atom is -0.494 e. The van der Waals surface area contributed by atoms with E-state index in [0.717, 1.165) is 51.5 Å². The van der Waals surface area contributed by atoms with Crippen molar-refractivity contribution in [1.82, 2.24) is 19.5 Å². The molecule has 0 amide bonds. The fraction of sp³-hybridized carbons (Fsp3) is 0.375. The van der Waals surface area contributed by atoms with Gasteiger partial charge in [0.2, 0.25) is 10.0 Å². The van der Waals surface area contributed by atoms with E-state index in [2.05, 4.69) is 19.5 Å². The molecule has 32 heavy (non-hydrogen) atoms. The van der Waals surface area contributed by atoms with Crippen LogP contribution in [0.2, 0.25) is 0 Å². The first-order valence-corrected chi connectivity index (χ1v) is 12.6. The summed E-state index contributed by atoms with van der Waals surface area (Å²) in [5.74, 6) is 0.916. The van der Waals surface area contributed by atoms with Crippen molar-refractivity contribution in [1.29, 1.82) is 0 Å². The molecule has 7 nitrogen and oxygen atoms in total. The van der Waals surface area contributed by atoms with E-state index >= 15 is 0 Å². The standard InChI is InChI=1S/C24H30N4O3S/c29-32(30,24-11-4-10-23-22(24)9-5-12-25-23)26-13-15-28-18-16-27(17-19-28)14-6-20-31-21-7-2-1-3-8-21/h1-5,7-12,26H,6,13-20H2. The third-order valence-electron chi connectivity index (χ3n) is 5.71. The van der Waals surface area contributed by atoms with Gasteiger partial charge >= 0.3 is 0 Å². The Kier molecular flexibility index (Phi) is 7.70. The van der Waals surface area contributed by atoms with E-state index in [-0.39, 0.29) is 4.90 Å². The number of pyridine rings is 1. The second-order valence-electron chi connectivity index (χ2n) is 7.92. The summed E-state index contributed by atoms with van der Waals surface area (Å²) in [6.45, 7) is 6.70. The average Bonchev–Trinajstić information content (AvgIpc) is 2.83. The first-order valence-electron chi connectivity index (χ1n) is 11.1. The van der Waals surface area contributed by atoms with Crippen LogP contribution in [-0.4, -0.2) is 75.6 Å². The lowest BCUT2D eigenvalue weighted by Crippen LogP contribution is -2.48. The van der Waals surface area contributed by atoms with Crippen molar-refractivity contribution in [2.75, 3.05) is 52.4 Å². The summed E-state index contributed by atoms with van der Waals surface area (Å²) in [6, 6.07) is 18.6. The van der Waals surface area contributed by atoms with Gasteiger partial charge in [-0.05, 0) is 42.8 Å². The monoisotopic (exact) mass is 454 g/mol. The lowest BCUT2D eigenvalue weighted by molar-refractivity contribution is 0.128. The van der Waals surface area contributed by atoms with Crippen LogP contribution in [0, 0.1) is 0 Å². The molecule has 4 rings (SSSR count). The van der Waals surface area contributed by atoms with Crippen LogP contribution >= 0.6 is 0 Å². The largest absolute Gasteiger partial charge is 0.494 e. The molecule has 0 bridgehead atoms. The van der Waals surface area contributed by atoms with Gasteiger partial charge in [-0.1, -0.05) is 24.3 Å². The summed E-state index contributed by atoms with van der Waals surface area (Å²) < 4.78 is 34.1. The molecule has 0 aliphatic carbocycles. The molecule has 0 unspecified atom stereocenters. The Morgan fingerprint density at radius 1 is 0.875 bits per heavy atom. The topological polar surface area (TPSA) is 74.8 Å². The molecule has 1 N–H and O–H groups in total. The van der Waals surface area contributed by atoms with Gasteiger partial charge in [0.1, 0.15) is 5.75 Å². The van der Waals surface area contributed by atoms with Crippen molar-refractivity contribution < 1.29 is 13.2 Å². The predicted molar refractivity (Wildman–Crippen MR) is 126 cm³/mol. The van der Waals surface area contributed by atoms with Crippen LogP contribution in [0.15, 0.2) is 71.8 Å². The van der Waals surface area contributed by atoms with Crippen LogP contribution in [0.1, 0.15) is 6.42 Å². The van der Waals surface area contributed by atoms with Crippen LogP contribution in [0.3, 0.4) is 0 Å². The SMILES string of the molecule is O=S(=O)(NCCN1CCN(CCCOc2ccccc2)CC1)c1cccc2ncccc12. The fourth-order valence-electron chi connectivity index (χ4n) is 3.96. The Balaban J connectivity index is 1.17. The normalized spacial score (nSPS) is 15.8. The van der Waals surface area contributed by atoms with E-state index in [4.69, 9.17) is 4.74 Å². The van der Waals surface area contributed by atoms with Crippen molar-refractivity contribution >= 4 is 20.9 Å². The number of sulfonamides is 1. The predicted octanol–water partition coefficient (Wildman–Crippen LogP) is 2.60. The minimum atomic E-state index is -3.58. The van der Waals surface area contributed by atoms with Gasteiger partial charge in [-0.15, -0.1) is 0 Å². The van der Waals surface area contributed by atoms with Gasteiger partial charge < -0.3 is 9.64 Å². The average molecular weight is 455 g/mol. The maximum atomic E-state index is 12.8. The molecule has 1 aliphatic rings. The number of para-hydroxylation sites is 1. The summed E-state index contributed by atoms with van der Waals surface area (Å²) >= 11 is 0. The van der Waals surface area contributed by atoms with Crippen molar-refractivity contribution in [3.63, 3.8) is 0 Å². The number of benzene rings is 2. The Hall–Kier alpha value is -2.52. The summed E-state index contributed by atoms with van der Waals surface area (Å²) in [6.07, 6.45) is 2.66. The number of nitrogens with zero attached hydrogens (tertiary/aromatic N) is 3. The molecule has 1 aromatic heterocycles. The zero-order valence-electron chi connectivity index (χ0n) is 18.2. The van der Waals surface area contributed by atoms with E-state index in [1.807, 2.05) is 36.4 Å². The van der Waals surface area contributed by atoms with Crippen molar-refractivity contribution in [3.05, 3.63) is 66.9 Å². The molecular weight excluding hydrogens is 424 g/mol. The second-order valence-corrected chi connectivity index (χ2v) is 9.66. The lowest BCUT2D eigenvalue weighted by atomic mass is 10.2. The number of fused-ring (bicyclic) bond motifs is 1. The van der Waals surface area contributed by atoms with Gasteiger partial charge in [0.25, 0.3) is 0 Å². The number of hydrogen-bond acceptors (Lipinski definition) is 6. The number of hydrogen-bond donors (Lipinski definition) is 1. The van der Waals surface area contributed by atoms with Crippen LogP contribution < -0.4 is 9.46 Å². The Bertz CT molecular complexity index is 1100. The molecule has 1 aliphatic heterocycles. The highest BCUT2D eigenvalue weighted by molar-refractivity contribution is 7.89. The first kappa shape index (κ1) is 22.7. The number of ether oxygens (including phenoxy) is 1. The van der Waals surface area contributed by atoms with E-state index in [1.54, 1.807) is 30.5 Å². The lowest BCUT2D eigenvalue weighted by Gasteiger charge is -2.34. The number of piperazine rings is 1. The van der Waals surface area contributed by atoms with E-state index in [0.29, 0.717) is 24.0 Å². The molecule has 0 spiro atoms. The number of rotatable bonds is 10. The molecule has 0 saturated carbocycles. The summed E-state index contributed by atoms with van der Waals surface area (Å²) in [7, 11) is -3.58. The Morgan fingerprint density at radius 3 is 2.41 bits per heavy atom. The molecule has 0 radical (unpaired) electrons. The summed E-state index contributed by atoms with van der Waals surface area (Å²) in [5, 5.41) is 0.646. The third kappa shape index (κ3) is 6.04. The molecule has 0 atom stereocenters. The summed E-state index contributed by atoms with van der Waals surface area (Å²) in [4.78, 5) is 9.28. The van der Waals surface area contributed by atoms with Gasteiger partial charge in [0.05, 0.1) is 17.0 Å². The van der Waals surface area contributed by atoms with Crippen molar-refractivity contribution in [2.24, 2.45) is 0 Å². The molecule has 2 heterocycles. The molecule has 3 aromatic rings. The highest BCUT2D eigenvalue weighted by Gasteiger charge is 2.19. The van der Waals surface area contributed by atoms with Crippen LogP contribution in [0.4, 0.5) is 0 Å². The highest BCUT2D eigenvalue weighted by Crippen LogP contribution is 2.20. The zero-order chi connectivity index (χ0) is 22.2. The zero-order valence-corrected chi connectivity index (χ0v) is 19.0. The van der Waals surface area contributed by atoms with Crippen LogP contribution in [0.5, 0.6) is 5.75 Å². The minimum absolute atomic E-state index is 0.283. The van der Waals surface area contributed by atoms with Crippen LogP contribution in [-0.2, 0) is 10.0 Å². The van der Waals surface area contributed by atoms with E-state index < -0.39 is 10.0 Å². The van der Waals surface area contributed by atoms with Gasteiger partial charge in [0.15, 0.2) is 0 Å². The quantitative estimate of drug-likeness (QED) is 0.475. The van der Waals surface area contributed by atoms with Crippen LogP contribution in [0.25, 0.3) is 10.9 Å². The van der Waals surface area contributed by atoms with E-state index in [1.165, 1.54) is 0 Å². The van der Waals surface area contributed by atoms with Gasteiger partial charge in [-0.2, -0.15) is 0 Å². The molecule has 8 heteroatoms. The van der Waals surface area contributed by atoms with Crippen molar-refractivity contribution in [3.8, 4) is 5.75 Å². The Labute approximate surface area is 190 Å². The van der Waals surface area contributed by atoms with Gasteiger partial charge in [0, 0.05) is 57.4 Å². The molecular formula is C24H30N4O3S. The maximum absolute atomic E-state index is 12.8. The second kappa shape index (κ2) is 10.9. The highest BCUT2D eigenvalue weighted by atomic mass is 32.2. The van der Waals surface area contributed by atoms with Gasteiger partial charge in [-0.25, -0.2) is 13.1 Å². The smallest absolute Gasteiger partial charge is 0.241 e.